The van der Waals surface area contributed by atoms with Crippen LogP contribution in [0.2, 0.25) is 0 Å². The van der Waals surface area contributed by atoms with Gasteiger partial charge in [-0.15, -0.1) is 0 Å². The van der Waals surface area contributed by atoms with Crippen molar-refractivity contribution in [1.82, 2.24) is 0 Å². The number of rotatable bonds is 0. The Balaban J connectivity index is 0.000000605. The van der Waals surface area contributed by atoms with Crippen LogP contribution in [0.1, 0.15) is 5.56 Å². The minimum Gasteiger partial charge on any atom is -0.620 e. The first-order chi connectivity index (χ1) is 4.86. The average Bonchev–Trinajstić information content (AvgIpc) is 2.33. The first-order valence-corrected chi connectivity index (χ1v) is 3.12. The minimum atomic E-state index is 0. The molecule has 3 heteroatoms. The Labute approximate surface area is 79.2 Å². The van der Waals surface area contributed by atoms with Crippen molar-refractivity contribution in [2.24, 2.45) is 0 Å². The fourth-order valence-corrected chi connectivity index (χ4v) is 0.932. The zero-order valence-corrected chi connectivity index (χ0v) is 8.72. The third-order valence-electron chi connectivity index (χ3n) is 1.45. The molecule has 11 heavy (non-hydrogen) atoms. The molecule has 2 rings (SSSR count). The van der Waals surface area contributed by atoms with E-state index in [9.17, 15) is 0 Å². The van der Waals surface area contributed by atoms with Crippen LogP contribution in [0.4, 0.5) is 0 Å². The van der Waals surface area contributed by atoms with Crippen LogP contribution in [0.25, 0.3) is 0 Å². The van der Waals surface area contributed by atoms with Crippen LogP contribution >= 0.6 is 0 Å². The Morgan fingerprint density at radius 1 is 1.18 bits per heavy atom. The van der Waals surface area contributed by atoms with E-state index in [-0.39, 0.29) is 20.4 Å². The first-order valence-electron chi connectivity index (χ1n) is 3.12. The third-order valence-corrected chi connectivity index (χ3v) is 1.45. The van der Waals surface area contributed by atoms with Crippen molar-refractivity contribution < 1.29 is 29.9 Å². The molecule has 0 unspecified atom stereocenters. The zero-order valence-electron chi connectivity index (χ0n) is 6.00. The summed E-state index contributed by atoms with van der Waals surface area (Å²) in [4.78, 5) is 0. The van der Waals surface area contributed by atoms with Gasteiger partial charge in [0, 0.05) is 27.2 Å². The summed E-state index contributed by atoms with van der Waals surface area (Å²) in [6.45, 7) is 3.35. The number of hydrogen-bond acceptors (Lipinski definition) is 2. The van der Waals surface area contributed by atoms with Gasteiger partial charge in [0.1, 0.15) is 11.5 Å². The summed E-state index contributed by atoms with van der Waals surface area (Å²) in [5.41, 5.74) is 1.18. The maximum atomic E-state index is 5.03. The van der Waals surface area contributed by atoms with Crippen molar-refractivity contribution in [2.45, 2.75) is 6.92 Å². The largest absolute Gasteiger partial charge is 0.620 e. The summed E-state index contributed by atoms with van der Waals surface area (Å²) >= 11 is 0. The van der Waals surface area contributed by atoms with Gasteiger partial charge >= 0.3 is 0 Å². The van der Waals surface area contributed by atoms with Crippen molar-refractivity contribution in [2.75, 3.05) is 0 Å². The van der Waals surface area contributed by atoms with Crippen LogP contribution in [0.15, 0.2) is 18.2 Å². The fourth-order valence-electron chi connectivity index (χ4n) is 0.932. The normalized spacial score (nSPS) is 12.5. The molecule has 2 nitrogen and oxygen atoms in total. The van der Waals surface area contributed by atoms with Gasteiger partial charge in [0.2, 0.25) is 0 Å². The Morgan fingerprint density at radius 2 is 1.91 bits per heavy atom. The molecule has 0 saturated carbocycles. The predicted molar refractivity (Wildman–Crippen MR) is 36.7 cm³/mol. The molecule has 0 fully saturated rings. The van der Waals surface area contributed by atoms with E-state index in [1.54, 1.807) is 0 Å². The van der Waals surface area contributed by atoms with Crippen LogP contribution in [0.3, 0.4) is 0 Å². The van der Waals surface area contributed by atoms with Gasteiger partial charge in [0.15, 0.2) is 0 Å². The van der Waals surface area contributed by atoms with Gasteiger partial charge in [0.25, 0.3) is 0 Å². The van der Waals surface area contributed by atoms with Gasteiger partial charge in [-0.25, -0.2) is 0 Å². The molecule has 1 aliphatic rings. The quantitative estimate of drug-likeness (QED) is 0.680. The molecule has 0 spiro atoms. The monoisotopic (exact) mass is 322 g/mol. The number of hydrogen-bond donors (Lipinski definition) is 0. The Morgan fingerprint density at radius 3 is 2.73 bits per heavy atom. The number of fused-ring (bicyclic) bond motifs is 1. The molecule has 0 aromatic heterocycles. The molecule has 1 heterocycles. The summed E-state index contributed by atoms with van der Waals surface area (Å²) in [6, 6.07) is 5.83. The van der Waals surface area contributed by atoms with E-state index >= 15 is 0 Å². The summed E-state index contributed by atoms with van der Waals surface area (Å²) in [6.07, 6.45) is 0. The van der Waals surface area contributed by atoms with Crippen LogP contribution in [-0.4, -0.2) is 0 Å². The van der Waals surface area contributed by atoms with Gasteiger partial charge in [-0.2, -0.15) is 0 Å². The smallest absolute Gasteiger partial charge is 0.128 e. The molecular formula is C8H7O2Re-. The number of benzene rings is 1. The second kappa shape index (κ2) is 3.25. The van der Waals surface area contributed by atoms with Gasteiger partial charge < -0.3 is 9.47 Å². The molecule has 0 saturated heterocycles. The Bertz CT molecular complexity index is 260. The maximum absolute atomic E-state index is 5.03. The maximum Gasteiger partial charge on any atom is 0.128 e. The van der Waals surface area contributed by atoms with Crippen molar-refractivity contribution >= 4 is 0 Å². The molecule has 59 valence electrons. The predicted octanol–water partition coefficient (Wildman–Crippen LogP) is 1.88. The van der Waals surface area contributed by atoms with E-state index in [0.717, 1.165) is 11.5 Å². The second-order valence-corrected chi connectivity index (χ2v) is 2.28. The van der Waals surface area contributed by atoms with Crippen molar-refractivity contribution in [3.05, 3.63) is 30.6 Å². The zero-order chi connectivity index (χ0) is 6.97. The van der Waals surface area contributed by atoms with E-state index < -0.39 is 0 Å². The van der Waals surface area contributed by atoms with Crippen LogP contribution in [0.5, 0.6) is 11.5 Å². The van der Waals surface area contributed by atoms with Gasteiger partial charge in [0.05, 0.1) is 0 Å². The summed E-state index contributed by atoms with van der Waals surface area (Å²) in [7, 11) is 0. The number of ether oxygens (including phenoxy) is 2. The minimum absolute atomic E-state index is 0. The molecule has 0 bridgehead atoms. The molecule has 1 aliphatic heterocycles. The van der Waals surface area contributed by atoms with E-state index in [0.29, 0.717) is 0 Å². The van der Waals surface area contributed by atoms with Gasteiger partial charge in [-0.05, 0) is 24.6 Å². The average molecular weight is 321 g/mol. The third kappa shape index (κ3) is 1.55. The Kier molecular flexibility index (Phi) is 2.54. The second-order valence-electron chi connectivity index (χ2n) is 2.28. The standard InChI is InChI=1S/C8H7O2.Re/c1-6-2-3-7-8(4-6)10-5-9-7;/h2-5H,1H3;/q-1;. The van der Waals surface area contributed by atoms with Crippen molar-refractivity contribution in [3.8, 4) is 11.5 Å². The van der Waals surface area contributed by atoms with Crippen LogP contribution < -0.4 is 9.47 Å². The van der Waals surface area contributed by atoms with E-state index in [4.69, 9.17) is 9.47 Å². The molecular weight excluding hydrogens is 314 g/mol. The van der Waals surface area contributed by atoms with Crippen molar-refractivity contribution in [1.29, 1.82) is 0 Å². The van der Waals surface area contributed by atoms with Crippen LogP contribution in [-0.2, 0) is 20.4 Å². The van der Waals surface area contributed by atoms with Crippen molar-refractivity contribution in [3.63, 3.8) is 0 Å². The summed E-state index contributed by atoms with van der Waals surface area (Å²) in [5.74, 6) is 1.60. The van der Waals surface area contributed by atoms with Gasteiger partial charge in [-0.3, -0.25) is 0 Å². The fraction of sp³-hybridized carbons (Fsp3) is 0.125. The topological polar surface area (TPSA) is 18.5 Å². The SMILES string of the molecule is Cc1ccc2c(c1)O[CH-]O2.[Re]. The molecule has 1 aromatic rings. The summed E-state index contributed by atoms with van der Waals surface area (Å²) < 4.78 is 10.0. The Hall–Kier alpha value is -0.518. The molecule has 0 aliphatic carbocycles. The van der Waals surface area contributed by atoms with E-state index in [1.807, 2.05) is 25.1 Å². The molecule has 0 N–H and O–H groups in total. The number of aryl methyl sites for hydroxylation is 1. The molecule has 1 aromatic carbocycles. The van der Waals surface area contributed by atoms with E-state index in [2.05, 4.69) is 0 Å². The van der Waals surface area contributed by atoms with Gasteiger partial charge in [-0.1, -0.05) is 6.07 Å². The molecule has 0 atom stereocenters. The first kappa shape index (κ1) is 8.58. The molecule has 0 amide bonds. The summed E-state index contributed by atoms with van der Waals surface area (Å²) in [5, 5.41) is 0. The van der Waals surface area contributed by atoms with Crippen LogP contribution in [0, 0.1) is 13.7 Å². The van der Waals surface area contributed by atoms with E-state index in [1.165, 1.54) is 12.4 Å². The molecule has 1 radical (unpaired) electrons.